The van der Waals surface area contributed by atoms with Gasteiger partial charge in [0.2, 0.25) is 0 Å². The van der Waals surface area contributed by atoms with Crippen LogP contribution < -0.4 is 24.0 Å². The second-order valence-electron chi connectivity index (χ2n) is 4.74. The number of thiazole rings is 1. The SMILES string of the molecule is CC(C)(C)c1ccc2nc(C(=O)[O-])sc2c1.[Li+]. The van der Waals surface area contributed by atoms with Gasteiger partial charge in [-0.1, -0.05) is 26.8 Å². The molecule has 2 aromatic rings. The fourth-order valence-corrected chi connectivity index (χ4v) is 2.32. The van der Waals surface area contributed by atoms with Crippen molar-refractivity contribution in [3.63, 3.8) is 0 Å². The van der Waals surface area contributed by atoms with E-state index in [0.717, 1.165) is 21.6 Å². The van der Waals surface area contributed by atoms with E-state index >= 15 is 0 Å². The molecule has 0 atom stereocenters. The number of hydrogen-bond donors (Lipinski definition) is 0. The first-order valence-electron chi connectivity index (χ1n) is 5.00. The van der Waals surface area contributed by atoms with Gasteiger partial charge in [-0.2, -0.15) is 0 Å². The van der Waals surface area contributed by atoms with E-state index in [0.29, 0.717) is 0 Å². The van der Waals surface area contributed by atoms with Gasteiger partial charge in [-0.15, -0.1) is 11.3 Å². The fraction of sp³-hybridized carbons (Fsp3) is 0.333. The smallest absolute Gasteiger partial charge is 0.542 e. The van der Waals surface area contributed by atoms with Gasteiger partial charge in [0.05, 0.1) is 10.2 Å². The van der Waals surface area contributed by atoms with Gasteiger partial charge in [-0.25, -0.2) is 4.98 Å². The number of carbonyl (C=O) groups is 1. The van der Waals surface area contributed by atoms with Crippen LogP contribution in [-0.4, -0.2) is 11.0 Å². The summed E-state index contributed by atoms with van der Waals surface area (Å²) >= 11 is 1.16. The molecule has 1 aromatic carbocycles. The van der Waals surface area contributed by atoms with E-state index in [-0.39, 0.29) is 29.3 Å². The number of aromatic carboxylic acids is 1. The zero-order valence-corrected chi connectivity index (χ0v) is 11.2. The van der Waals surface area contributed by atoms with Gasteiger partial charge in [-0.3, -0.25) is 0 Å². The third kappa shape index (κ3) is 2.89. The molecule has 0 aliphatic rings. The van der Waals surface area contributed by atoms with E-state index in [2.05, 4.69) is 25.8 Å². The summed E-state index contributed by atoms with van der Waals surface area (Å²) in [5, 5.41) is 10.7. The van der Waals surface area contributed by atoms with E-state index in [1.54, 1.807) is 0 Å². The zero-order chi connectivity index (χ0) is 11.9. The molecule has 0 spiro atoms. The minimum atomic E-state index is -1.21. The fourth-order valence-electron chi connectivity index (χ4n) is 1.48. The van der Waals surface area contributed by atoms with Crippen molar-refractivity contribution in [2.45, 2.75) is 26.2 Å². The Bertz CT molecular complexity index is 557. The first kappa shape index (κ1) is 14.2. The van der Waals surface area contributed by atoms with Crippen molar-refractivity contribution in [1.29, 1.82) is 0 Å². The summed E-state index contributed by atoms with van der Waals surface area (Å²) in [4.78, 5) is 14.7. The van der Waals surface area contributed by atoms with Crippen LogP contribution in [0.1, 0.15) is 36.1 Å². The molecule has 84 valence electrons. The average Bonchev–Trinajstić information content (AvgIpc) is 2.58. The number of fused-ring (bicyclic) bond motifs is 1. The van der Waals surface area contributed by atoms with E-state index in [1.807, 2.05) is 18.2 Å². The minimum Gasteiger partial charge on any atom is -0.542 e. The topological polar surface area (TPSA) is 53.0 Å². The van der Waals surface area contributed by atoms with E-state index in [9.17, 15) is 9.90 Å². The number of carboxylic acids is 1. The van der Waals surface area contributed by atoms with Crippen molar-refractivity contribution in [3.05, 3.63) is 28.8 Å². The van der Waals surface area contributed by atoms with Gasteiger partial charge in [0, 0.05) is 0 Å². The largest absolute Gasteiger partial charge is 1.00 e. The molecule has 3 nitrogen and oxygen atoms in total. The predicted molar refractivity (Wildman–Crippen MR) is 62.7 cm³/mol. The Morgan fingerprint density at radius 3 is 2.53 bits per heavy atom. The number of carbonyl (C=O) groups excluding carboxylic acids is 1. The summed E-state index contributed by atoms with van der Waals surface area (Å²) in [6.07, 6.45) is 0. The molecule has 0 aliphatic carbocycles. The summed E-state index contributed by atoms with van der Waals surface area (Å²) in [6, 6.07) is 5.85. The third-order valence-electron chi connectivity index (χ3n) is 2.43. The van der Waals surface area contributed by atoms with Crippen LogP contribution in [0.4, 0.5) is 0 Å². The van der Waals surface area contributed by atoms with Crippen LogP contribution in [0.2, 0.25) is 0 Å². The first-order chi connectivity index (χ1) is 7.38. The number of benzene rings is 1. The molecule has 1 heterocycles. The van der Waals surface area contributed by atoms with Crippen molar-refractivity contribution in [2.75, 3.05) is 0 Å². The Morgan fingerprint density at radius 1 is 1.35 bits per heavy atom. The maximum absolute atomic E-state index is 10.7. The van der Waals surface area contributed by atoms with Crippen molar-refractivity contribution < 1.29 is 28.8 Å². The molecular weight excluding hydrogens is 229 g/mol. The summed E-state index contributed by atoms with van der Waals surface area (Å²) in [5.74, 6) is -1.21. The summed E-state index contributed by atoms with van der Waals surface area (Å²) < 4.78 is 0.895. The quantitative estimate of drug-likeness (QED) is 0.599. The average molecular weight is 241 g/mol. The van der Waals surface area contributed by atoms with Gasteiger partial charge in [0.15, 0.2) is 0 Å². The Labute approximate surface area is 116 Å². The molecule has 0 bridgehead atoms. The van der Waals surface area contributed by atoms with Crippen molar-refractivity contribution in [1.82, 2.24) is 4.98 Å². The minimum absolute atomic E-state index is 0. The van der Waals surface area contributed by atoms with E-state index in [1.165, 1.54) is 5.56 Å². The van der Waals surface area contributed by atoms with Crippen LogP contribution in [0.5, 0.6) is 0 Å². The predicted octanol–water partition coefficient (Wildman–Crippen LogP) is -1.04. The van der Waals surface area contributed by atoms with Crippen LogP contribution in [-0.2, 0) is 5.41 Å². The van der Waals surface area contributed by atoms with Crippen LogP contribution in [0.15, 0.2) is 18.2 Å². The molecule has 0 saturated carbocycles. The molecule has 0 fully saturated rings. The Hall–Kier alpha value is -0.823. The summed E-state index contributed by atoms with van der Waals surface area (Å²) in [6.45, 7) is 6.36. The van der Waals surface area contributed by atoms with Gasteiger partial charge in [-0.05, 0) is 23.1 Å². The number of carboxylic acid groups (broad SMARTS) is 1. The number of hydrogen-bond acceptors (Lipinski definition) is 4. The second kappa shape index (κ2) is 4.81. The Morgan fingerprint density at radius 2 is 2.00 bits per heavy atom. The third-order valence-corrected chi connectivity index (χ3v) is 3.43. The zero-order valence-electron chi connectivity index (χ0n) is 10.4. The standard InChI is InChI=1S/C12H13NO2S.Li/c1-12(2,3)7-4-5-8-9(6-7)16-10(13-8)11(14)15;/h4-6H,1-3H3,(H,14,15);/q;+1/p-1. The molecule has 2 rings (SSSR count). The monoisotopic (exact) mass is 241 g/mol. The van der Waals surface area contributed by atoms with E-state index in [4.69, 9.17) is 0 Å². The van der Waals surface area contributed by atoms with E-state index < -0.39 is 5.97 Å². The molecule has 0 N–H and O–H groups in total. The van der Waals surface area contributed by atoms with Crippen LogP contribution in [0.25, 0.3) is 10.2 Å². The van der Waals surface area contributed by atoms with Gasteiger partial charge < -0.3 is 9.90 Å². The molecule has 1 aromatic heterocycles. The van der Waals surface area contributed by atoms with Crippen molar-refractivity contribution in [3.8, 4) is 0 Å². The van der Waals surface area contributed by atoms with Crippen LogP contribution in [0, 0.1) is 0 Å². The van der Waals surface area contributed by atoms with Crippen LogP contribution >= 0.6 is 11.3 Å². The molecule has 0 aliphatic heterocycles. The Balaban J connectivity index is 0.00000144. The number of aromatic nitrogens is 1. The molecule has 5 heteroatoms. The van der Waals surface area contributed by atoms with Gasteiger partial charge in [0.25, 0.3) is 0 Å². The normalized spacial score (nSPS) is 11.2. The molecule has 0 radical (unpaired) electrons. The van der Waals surface area contributed by atoms with Crippen LogP contribution in [0.3, 0.4) is 0 Å². The molecular formula is C12H12LiNO2S. The van der Waals surface area contributed by atoms with Crippen molar-refractivity contribution in [2.24, 2.45) is 0 Å². The molecule has 17 heavy (non-hydrogen) atoms. The van der Waals surface area contributed by atoms with Gasteiger partial charge >= 0.3 is 18.9 Å². The maximum atomic E-state index is 10.7. The summed E-state index contributed by atoms with van der Waals surface area (Å²) in [7, 11) is 0. The summed E-state index contributed by atoms with van der Waals surface area (Å²) in [5.41, 5.74) is 1.95. The number of nitrogens with zero attached hydrogens (tertiary/aromatic N) is 1. The molecule has 0 unspecified atom stereocenters. The Kier molecular flexibility index (Phi) is 4.03. The molecule has 0 amide bonds. The first-order valence-corrected chi connectivity index (χ1v) is 5.82. The second-order valence-corrected chi connectivity index (χ2v) is 5.77. The number of rotatable bonds is 1. The maximum Gasteiger partial charge on any atom is 1.00 e. The molecule has 0 saturated heterocycles. The van der Waals surface area contributed by atoms with Crippen molar-refractivity contribution >= 4 is 27.5 Å². The van der Waals surface area contributed by atoms with Gasteiger partial charge in [0.1, 0.15) is 11.0 Å².